The van der Waals surface area contributed by atoms with E-state index in [1.807, 2.05) is 24.3 Å². The van der Waals surface area contributed by atoms with Crippen molar-refractivity contribution in [1.82, 2.24) is 10.2 Å². The molecule has 6 rings (SSSR count). The zero-order valence-electron chi connectivity index (χ0n) is 17.4. The maximum Gasteiger partial charge on any atom is 0.194 e. The van der Waals surface area contributed by atoms with Crippen molar-refractivity contribution < 1.29 is 9.05 Å². The average Bonchev–Trinajstić information content (AvgIpc) is 2.86. The molecule has 2 aliphatic heterocycles. The number of hydrogen-bond acceptors (Lipinski definition) is 4. The molecule has 32 heavy (non-hydrogen) atoms. The van der Waals surface area contributed by atoms with Crippen molar-refractivity contribution in [2.24, 2.45) is 0 Å². The van der Waals surface area contributed by atoms with E-state index in [1.165, 1.54) is 21.7 Å². The van der Waals surface area contributed by atoms with Crippen molar-refractivity contribution in [1.29, 1.82) is 0 Å². The maximum absolute atomic E-state index is 6.35. The molecule has 0 amide bonds. The lowest BCUT2D eigenvalue weighted by Gasteiger charge is -2.30. The summed E-state index contributed by atoms with van der Waals surface area (Å²) in [6, 6.07) is 33.6. The molecule has 6 heteroatoms. The highest BCUT2D eigenvalue weighted by Crippen LogP contribution is 2.47. The molecule has 2 N–H and O–H groups in total. The van der Waals surface area contributed by atoms with Gasteiger partial charge in [-0.1, -0.05) is 72.8 Å². The Hall–Kier alpha value is -2.74. The summed E-state index contributed by atoms with van der Waals surface area (Å²) in [5.41, 5.74) is 4.84. The van der Waals surface area contributed by atoms with Crippen LogP contribution in [0.2, 0.25) is 0 Å². The summed E-state index contributed by atoms with van der Waals surface area (Å²) in [4.78, 5) is 0. The lowest BCUT2D eigenvalue weighted by molar-refractivity contribution is 0.595. The second kappa shape index (κ2) is 8.65. The molecule has 0 spiro atoms. The van der Waals surface area contributed by atoms with Crippen LogP contribution in [0.15, 0.2) is 97.1 Å². The lowest BCUT2D eigenvalue weighted by Crippen LogP contribution is -2.31. The molecule has 0 fully saturated rings. The van der Waals surface area contributed by atoms with Crippen molar-refractivity contribution in [2.45, 2.75) is 0 Å². The van der Waals surface area contributed by atoms with Crippen LogP contribution >= 0.6 is 16.6 Å². The highest BCUT2D eigenvalue weighted by Gasteiger charge is 2.28. The Bertz CT molecular complexity index is 1180. The van der Waals surface area contributed by atoms with Crippen molar-refractivity contribution in [3.63, 3.8) is 0 Å². The smallest absolute Gasteiger partial charge is 0.194 e. The van der Waals surface area contributed by atoms with E-state index in [1.54, 1.807) is 0 Å². The molecule has 158 valence electrons. The van der Waals surface area contributed by atoms with Gasteiger partial charge >= 0.3 is 0 Å². The van der Waals surface area contributed by atoms with Crippen LogP contribution in [0.1, 0.15) is 0 Å². The second-order valence-corrected chi connectivity index (χ2v) is 10.8. The van der Waals surface area contributed by atoms with Gasteiger partial charge in [0.2, 0.25) is 0 Å². The van der Waals surface area contributed by atoms with E-state index >= 15 is 0 Å². The Labute approximate surface area is 190 Å². The van der Waals surface area contributed by atoms with Crippen LogP contribution in [-0.2, 0) is 0 Å². The normalized spacial score (nSPS) is 17.8. The molecule has 4 aromatic rings. The van der Waals surface area contributed by atoms with E-state index in [2.05, 4.69) is 83.0 Å². The zero-order chi connectivity index (χ0) is 21.3. The van der Waals surface area contributed by atoms with E-state index in [4.69, 9.17) is 9.05 Å². The number of rotatable bonds is 5. The minimum Gasteiger partial charge on any atom is -0.453 e. The summed E-state index contributed by atoms with van der Waals surface area (Å²) in [6.07, 6.45) is 0. The molecule has 0 radical (unpaired) electrons. The van der Waals surface area contributed by atoms with Gasteiger partial charge in [0, 0.05) is 34.8 Å². The van der Waals surface area contributed by atoms with Crippen LogP contribution in [0.4, 0.5) is 0 Å². The van der Waals surface area contributed by atoms with Gasteiger partial charge in [0.05, 0.1) is 0 Å². The monoisotopic (exact) mass is 456 g/mol. The van der Waals surface area contributed by atoms with Crippen LogP contribution in [0.5, 0.6) is 11.5 Å². The van der Waals surface area contributed by atoms with Crippen LogP contribution in [0.25, 0.3) is 22.3 Å². The average molecular weight is 456 g/mol. The molecule has 0 bridgehead atoms. The highest BCUT2D eigenvalue weighted by molar-refractivity contribution is 7.60. The van der Waals surface area contributed by atoms with Gasteiger partial charge in [-0.3, -0.25) is 10.2 Å². The van der Waals surface area contributed by atoms with Gasteiger partial charge in [-0.15, -0.1) is 0 Å². The summed E-state index contributed by atoms with van der Waals surface area (Å²) < 4.78 is 12.7. The standard InChI is InChI=1S/C26H22N2O2P2/c1-5-13-23-19(9-1)21-11-3-7-15-25(21)31(29-23)27-17-18-28-32-26-16-8-4-12-22(26)20-10-2-6-14-24(20)30-32/h1-16,27-28H,17-18H2. The fourth-order valence-electron chi connectivity index (χ4n) is 4.14. The van der Waals surface area contributed by atoms with Crippen LogP contribution in [0.3, 0.4) is 0 Å². The minimum atomic E-state index is -0.922. The van der Waals surface area contributed by atoms with E-state index in [9.17, 15) is 0 Å². The van der Waals surface area contributed by atoms with Crippen LogP contribution in [0, 0.1) is 0 Å². The Morgan fingerprint density at radius 2 is 0.844 bits per heavy atom. The van der Waals surface area contributed by atoms with Gasteiger partial charge in [0.1, 0.15) is 11.5 Å². The second-order valence-electron chi connectivity index (χ2n) is 7.61. The Morgan fingerprint density at radius 3 is 1.31 bits per heavy atom. The van der Waals surface area contributed by atoms with Crippen molar-refractivity contribution in [3.05, 3.63) is 97.1 Å². The molecule has 2 unspecified atom stereocenters. The van der Waals surface area contributed by atoms with E-state index in [-0.39, 0.29) is 0 Å². The van der Waals surface area contributed by atoms with Crippen molar-refractivity contribution in [2.75, 3.05) is 13.1 Å². The molecule has 0 aliphatic carbocycles. The third-order valence-corrected chi connectivity index (χ3v) is 9.05. The first-order valence-electron chi connectivity index (χ1n) is 10.7. The number of fused-ring (bicyclic) bond motifs is 6. The van der Waals surface area contributed by atoms with Crippen LogP contribution < -0.4 is 29.8 Å². The Balaban J connectivity index is 1.15. The van der Waals surface area contributed by atoms with Gasteiger partial charge in [0.15, 0.2) is 16.6 Å². The third-order valence-electron chi connectivity index (χ3n) is 5.62. The molecule has 2 aliphatic rings. The minimum absolute atomic E-state index is 0.786. The molecule has 0 saturated heterocycles. The zero-order valence-corrected chi connectivity index (χ0v) is 19.2. The summed E-state index contributed by atoms with van der Waals surface area (Å²) in [5.74, 6) is 1.89. The maximum atomic E-state index is 6.35. The van der Waals surface area contributed by atoms with Gasteiger partial charge in [0.25, 0.3) is 0 Å². The Kier molecular flexibility index (Phi) is 5.38. The first-order chi connectivity index (χ1) is 15.9. The first-order valence-corrected chi connectivity index (χ1v) is 13.2. The number of nitrogens with one attached hydrogen (secondary N) is 2. The third kappa shape index (κ3) is 3.60. The summed E-state index contributed by atoms with van der Waals surface area (Å²) >= 11 is 0. The molecule has 4 nitrogen and oxygen atoms in total. The van der Waals surface area contributed by atoms with Gasteiger partial charge in [-0.2, -0.15) is 0 Å². The van der Waals surface area contributed by atoms with Gasteiger partial charge in [-0.25, -0.2) is 0 Å². The molecule has 0 aromatic heterocycles. The van der Waals surface area contributed by atoms with Crippen molar-refractivity contribution >= 4 is 27.2 Å². The largest absolute Gasteiger partial charge is 0.453 e. The first kappa shape index (κ1) is 19.9. The fraction of sp³-hybridized carbons (Fsp3) is 0.0769. The Morgan fingerprint density at radius 1 is 0.469 bits per heavy atom. The highest BCUT2D eigenvalue weighted by atomic mass is 31.2. The predicted octanol–water partition coefficient (Wildman–Crippen LogP) is 5.56. The van der Waals surface area contributed by atoms with Gasteiger partial charge < -0.3 is 9.05 Å². The molecule has 0 saturated carbocycles. The van der Waals surface area contributed by atoms with E-state index < -0.39 is 16.6 Å². The van der Waals surface area contributed by atoms with Gasteiger partial charge in [-0.05, 0) is 35.4 Å². The predicted molar refractivity (Wildman–Crippen MR) is 134 cm³/mol. The molecular formula is C26H22N2O2P2. The summed E-state index contributed by atoms with van der Waals surface area (Å²) in [5, 5.41) is 9.75. The van der Waals surface area contributed by atoms with Crippen LogP contribution in [-0.4, -0.2) is 13.1 Å². The lowest BCUT2D eigenvalue weighted by atomic mass is 10.0. The van der Waals surface area contributed by atoms with E-state index in [0.29, 0.717) is 0 Å². The molecule has 2 heterocycles. The molecule has 4 aromatic carbocycles. The number of benzene rings is 4. The SMILES string of the molecule is c1ccc2c(c1)OP(NCCNP1Oc3ccccc3-c3ccccc31)c1ccccc1-2. The number of para-hydroxylation sites is 2. The molecular weight excluding hydrogens is 434 g/mol. The quantitative estimate of drug-likeness (QED) is 0.305. The molecule has 2 atom stereocenters. The van der Waals surface area contributed by atoms with E-state index in [0.717, 1.165) is 35.7 Å². The summed E-state index contributed by atoms with van der Waals surface area (Å²) in [7, 11) is -1.84. The summed E-state index contributed by atoms with van der Waals surface area (Å²) in [6.45, 7) is 1.57. The fourth-order valence-corrected chi connectivity index (χ4v) is 7.42. The van der Waals surface area contributed by atoms with Crippen molar-refractivity contribution in [3.8, 4) is 33.8 Å². The number of hydrogen-bond donors (Lipinski definition) is 2. The topological polar surface area (TPSA) is 42.5 Å².